The van der Waals surface area contributed by atoms with Crippen LogP contribution in [0.25, 0.3) is 0 Å². The van der Waals surface area contributed by atoms with Crippen LogP contribution in [0.3, 0.4) is 0 Å². The molecular weight excluding hydrogens is 232 g/mol. The van der Waals surface area contributed by atoms with Crippen LogP contribution >= 0.6 is 24.2 Å². The minimum Gasteiger partial charge on any atom is -0.354 e. The van der Waals surface area contributed by atoms with E-state index < -0.39 is 0 Å². The third kappa shape index (κ3) is 5.20. The summed E-state index contributed by atoms with van der Waals surface area (Å²) in [4.78, 5) is 9.42. The molecule has 1 rings (SSSR count). The lowest BCUT2D eigenvalue weighted by Gasteiger charge is -2.09. The number of nitrogens with one attached hydrogen (secondary N) is 1. The van der Waals surface area contributed by atoms with Crippen LogP contribution in [0.4, 0.5) is 5.95 Å². The standard InChI is InChI=1S/C9H16N4S.ClH/c1-7(3-10)4-11-9-12-5-8(14-2)6-13-9;/h5-7H,3-4,10H2,1-2H3,(H,11,12,13);1H/t7-;/m1./s1. The lowest BCUT2D eigenvalue weighted by Crippen LogP contribution is -2.20. The van der Waals surface area contributed by atoms with Gasteiger partial charge in [-0.1, -0.05) is 6.92 Å². The van der Waals surface area contributed by atoms with E-state index in [1.54, 1.807) is 11.8 Å². The molecule has 0 saturated carbocycles. The van der Waals surface area contributed by atoms with Gasteiger partial charge in [-0.15, -0.1) is 24.2 Å². The van der Waals surface area contributed by atoms with Crippen LogP contribution in [-0.4, -0.2) is 29.3 Å². The maximum atomic E-state index is 5.50. The number of halogens is 1. The fourth-order valence-corrected chi connectivity index (χ4v) is 1.18. The molecule has 0 aliphatic rings. The van der Waals surface area contributed by atoms with E-state index in [2.05, 4.69) is 22.2 Å². The van der Waals surface area contributed by atoms with Crippen molar-refractivity contribution in [3.63, 3.8) is 0 Å². The van der Waals surface area contributed by atoms with Crippen molar-refractivity contribution in [2.45, 2.75) is 11.8 Å². The molecule has 0 aliphatic carbocycles. The van der Waals surface area contributed by atoms with Crippen LogP contribution in [0.2, 0.25) is 0 Å². The molecule has 1 atom stereocenters. The molecule has 0 saturated heterocycles. The first-order valence-corrected chi connectivity index (χ1v) is 5.78. The largest absolute Gasteiger partial charge is 0.354 e. The Hall–Kier alpha value is -0.520. The van der Waals surface area contributed by atoms with Gasteiger partial charge in [0, 0.05) is 23.8 Å². The zero-order chi connectivity index (χ0) is 10.4. The number of anilines is 1. The highest BCUT2D eigenvalue weighted by Crippen LogP contribution is 2.11. The van der Waals surface area contributed by atoms with Crippen LogP contribution in [0.15, 0.2) is 17.3 Å². The van der Waals surface area contributed by atoms with E-state index >= 15 is 0 Å². The summed E-state index contributed by atoms with van der Waals surface area (Å²) >= 11 is 1.63. The third-order valence-corrected chi connectivity index (χ3v) is 2.56. The van der Waals surface area contributed by atoms with E-state index in [9.17, 15) is 0 Å². The maximum absolute atomic E-state index is 5.50. The van der Waals surface area contributed by atoms with Crippen molar-refractivity contribution in [2.75, 3.05) is 24.7 Å². The number of nitrogens with zero attached hydrogens (tertiary/aromatic N) is 2. The Bertz CT molecular complexity index is 267. The summed E-state index contributed by atoms with van der Waals surface area (Å²) < 4.78 is 0. The molecule has 3 N–H and O–H groups in total. The van der Waals surface area contributed by atoms with Crippen molar-refractivity contribution in [3.8, 4) is 0 Å². The van der Waals surface area contributed by atoms with E-state index in [1.807, 2.05) is 18.6 Å². The molecule has 0 amide bonds. The van der Waals surface area contributed by atoms with Gasteiger partial charge in [0.05, 0.1) is 0 Å². The van der Waals surface area contributed by atoms with Gasteiger partial charge in [-0.2, -0.15) is 0 Å². The second kappa shape index (κ2) is 7.73. The van der Waals surface area contributed by atoms with Gasteiger partial charge in [0.2, 0.25) is 5.95 Å². The minimum atomic E-state index is 0. The van der Waals surface area contributed by atoms with Crippen LogP contribution in [0.5, 0.6) is 0 Å². The number of hydrogen-bond donors (Lipinski definition) is 2. The predicted molar refractivity (Wildman–Crippen MR) is 67.8 cm³/mol. The molecule has 0 aromatic carbocycles. The molecule has 0 spiro atoms. The summed E-state index contributed by atoms with van der Waals surface area (Å²) in [7, 11) is 0. The first-order chi connectivity index (χ1) is 6.76. The second-order valence-electron chi connectivity index (χ2n) is 3.17. The molecule has 6 heteroatoms. The van der Waals surface area contributed by atoms with E-state index in [4.69, 9.17) is 5.73 Å². The molecule has 86 valence electrons. The van der Waals surface area contributed by atoms with Crippen LogP contribution in [0.1, 0.15) is 6.92 Å². The Kier molecular flexibility index (Phi) is 7.46. The number of thioether (sulfide) groups is 1. The van der Waals surface area contributed by atoms with Crippen LogP contribution in [-0.2, 0) is 0 Å². The zero-order valence-electron chi connectivity index (χ0n) is 8.93. The number of hydrogen-bond acceptors (Lipinski definition) is 5. The highest BCUT2D eigenvalue weighted by molar-refractivity contribution is 7.98. The Morgan fingerprint density at radius 3 is 2.53 bits per heavy atom. The average molecular weight is 249 g/mol. The monoisotopic (exact) mass is 248 g/mol. The van der Waals surface area contributed by atoms with Crippen molar-refractivity contribution in [2.24, 2.45) is 11.7 Å². The minimum absolute atomic E-state index is 0. The van der Waals surface area contributed by atoms with Gasteiger partial charge in [-0.25, -0.2) is 9.97 Å². The van der Waals surface area contributed by atoms with Gasteiger partial charge in [0.1, 0.15) is 0 Å². The molecule has 0 unspecified atom stereocenters. The summed E-state index contributed by atoms with van der Waals surface area (Å²) in [5.74, 6) is 1.11. The third-order valence-electron chi connectivity index (χ3n) is 1.87. The van der Waals surface area contributed by atoms with Crippen molar-refractivity contribution < 1.29 is 0 Å². The molecule has 0 aliphatic heterocycles. The summed E-state index contributed by atoms with van der Waals surface area (Å²) in [6.45, 7) is 3.58. The van der Waals surface area contributed by atoms with Crippen molar-refractivity contribution in [3.05, 3.63) is 12.4 Å². The van der Waals surface area contributed by atoms with Crippen molar-refractivity contribution in [1.29, 1.82) is 0 Å². The van der Waals surface area contributed by atoms with Gasteiger partial charge in [0.25, 0.3) is 0 Å². The molecule has 1 aromatic rings. The van der Waals surface area contributed by atoms with E-state index in [-0.39, 0.29) is 12.4 Å². The zero-order valence-corrected chi connectivity index (χ0v) is 10.6. The van der Waals surface area contributed by atoms with E-state index in [0.717, 1.165) is 11.4 Å². The van der Waals surface area contributed by atoms with Gasteiger partial charge < -0.3 is 11.1 Å². The predicted octanol–water partition coefficient (Wildman–Crippen LogP) is 1.63. The first kappa shape index (κ1) is 14.5. The van der Waals surface area contributed by atoms with Gasteiger partial charge in [0.15, 0.2) is 0 Å². The number of nitrogens with two attached hydrogens (primary N) is 1. The number of aromatic nitrogens is 2. The highest BCUT2D eigenvalue weighted by atomic mass is 35.5. The second-order valence-corrected chi connectivity index (χ2v) is 4.05. The quantitative estimate of drug-likeness (QED) is 0.776. The molecular formula is C9H17ClN4S. The smallest absolute Gasteiger partial charge is 0.222 e. The van der Waals surface area contributed by atoms with Crippen molar-refractivity contribution >= 4 is 30.1 Å². The first-order valence-electron chi connectivity index (χ1n) is 4.56. The van der Waals surface area contributed by atoms with Crippen LogP contribution < -0.4 is 11.1 Å². The molecule has 4 nitrogen and oxygen atoms in total. The van der Waals surface area contributed by atoms with E-state index in [1.165, 1.54) is 0 Å². The Morgan fingerprint density at radius 1 is 1.47 bits per heavy atom. The summed E-state index contributed by atoms with van der Waals surface area (Å²) in [6, 6.07) is 0. The fourth-order valence-electron chi connectivity index (χ4n) is 0.862. The summed E-state index contributed by atoms with van der Waals surface area (Å²) in [6.07, 6.45) is 5.63. The molecule has 0 fully saturated rings. The lowest BCUT2D eigenvalue weighted by molar-refractivity contribution is 0.625. The molecule has 1 heterocycles. The maximum Gasteiger partial charge on any atom is 0.222 e. The average Bonchev–Trinajstić information content (AvgIpc) is 2.26. The van der Waals surface area contributed by atoms with Crippen molar-refractivity contribution in [1.82, 2.24) is 9.97 Å². The topological polar surface area (TPSA) is 63.8 Å². The summed E-state index contributed by atoms with van der Waals surface area (Å²) in [5.41, 5.74) is 5.50. The van der Waals surface area contributed by atoms with E-state index in [0.29, 0.717) is 18.4 Å². The Labute approximate surface area is 101 Å². The fraction of sp³-hybridized carbons (Fsp3) is 0.556. The summed E-state index contributed by atoms with van der Waals surface area (Å²) in [5, 5.41) is 3.14. The SMILES string of the molecule is CSc1cnc(NC[C@H](C)CN)nc1.Cl. The van der Waals surface area contributed by atoms with Gasteiger partial charge in [-0.3, -0.25) is 0 Å². The molecule has 0 radical (unpaired) electrons. The lowest BCUT2D eigenvalue weighted by atomic mass is 10.2. The highest BCUT2D eigenvalue weighted by Gasteiger charge is 2.00. The normalized spacial score (nSPS) is 11.7. The Balaban J connectivity index is 0.00000196. The molecule has 15 heavy (non-hydrogen) atoms. The van der Waals surface area contributed by atoms with Crippen LogP contribution in [0, 0.1) is 5.92 Å². The number of rotatable bonds is 5. The molecule has 1 aromatic heterocycles. The van der Waals surface area contributed by atoms with Gasteiger partial charge in [-0.05, 0) is 18.7 Å². The Morgan fingerprint density at radius 2 is 2.07 bits per heavy atom. The molecule has 0 bridgehead atoms. The van der Waals surface area contributed by atoms with Gasteiger partial charge >= 0.3 is 0 Å².